The molecule has 0 bridgehead atoms. The second kappa shape index (κ2) is 15.4. The van der Waals surface area contributed by atoms with Gasteiger partial charge < -0.3 is 23.7 Å². The number of benzene rings is 1. The molecule has 0 radical (unpaired) electrons. The summed E-state index contributed by atoms with van der Waals surface area (Å²) in [5.74, 6) is -1.10. The molecule has 232 valence electrons. The number of hydrogen-bond donors (Lipinski definition) is 0. The van der Waals surface area contributed by atoms with Crippen molar-refractivity contribution in [2.45, 2.75) is 111 Å². The number of rotatable bonds is 8. The van der Waals surface area contributed by atoms with Crippen LogP contribution in [0, 0.1) is 5.92 Å². The van der Waals surface area contributed by atoms with E-state index in [1.165, 1.54) is 0 Å². The van der Waals surface area contributed by atoms with E-state index in [-0.39, 0.29) is 19.1 Å². The lowest BCUT2D eigenvalue weighted by atomic mass is 9.91. The van der Waals surface area contributed by atoms with Crippen LogP contribution in [-0.2, 0) is 34.9 Å². The van der Waals surface area contributed by atoms with E-state index in [1.807, 2.05) is 6.07 Å². The van der Waals surface area contributed by atoms with Gasteiger partial charge in [0.25, 0.3) is 0 Å². The van der Waals surface area contributed by atoms with Gasteiger partial charge in [-0.05, 0) is 79.0 Å². The van der Waals surface area contributed by atoms with Crippen molar-refractivity contribution < 1.29 is 38.1 Å². The van der Waals surface area contributed by atoms with Crippen LogP contribution in [0.2, 0.25) is 10.0 Å². The lowest BCUT2D eigenvalue weighted by Crippen LogP contribution is -2.54. The van der Waals surface area contributed by atoms with Crippen LogP contribution in [0.3, 0.4) is 0 Å². The number of hydrogen-bond acceptors (Lipinski definition) is 8. The van der Waals surface area contributed by atoms with Gasteiger partial charge in [0.05, 0.1) is 19.3 Å². The summed E-state index contributed by atoms with van der Waals surface area (Å²) in [5, 5.41) is 1.03. The van der Waals surface area contributed by atoms with Crippen molar-refractivity contribution in [3.8, 4) is 0 Å². The fourth-order valence-electron chi connectivity index (χ4n) is 4.33. The minimum absolute atomic E-state index is 0.144. The minimum atomic E-state index is -1.44. The summed E-state index contributed by atoms with van der Waals surface area (Å²) in [6, 6.07) is 3.83. The molecule has 1 aliphatic heterocycles. The maximum atomic E-state index is 13.5. The van der Waals surface area contributed by atoms with Gasteiger partial charge in [-0.15, -0.1) is 0 Å². The summed E-state index contributed by atoms with van der Waals surface area (Å²) in [5.41, 5.74) is -1.03. The van der Waals surface area contributed by atoms with Gasteiger partial charge in [0.15, 0.2) is 6.04 Å². The Balaban J connectivity index is 2.42. The predicted molar refractivity (Wildman–Crippen MR) is 157 cm³/mol. The summed E-state index contributed by atoms with van der Waals surface area (Å²) >= 11 is 12.6. The van der Waals surface area contributed by atoms with Crippen LogP contribution in [0.1, 0.15) is 80.2 Å². The van der Waals surface area contributed by atoms with Crippen LogP contribution < -0.4 is 0 Å². The molecule has 0 unspecified atom stereocenters. The maximum Gasteiger partial charge on any atom is 0.420 e. The largest absolute Gasteiger partial charge is 0.458 e. The molecule has 2 rings (SSSR count). The molecule has 1 saturated heterocycles. The Morgan fingerprint density at radius 3 is 2.15 bits per heavy atom. The third-order valence-corrected chi connectivity index (χ3v) is 6.74. The van der Waals surface area contributed by atoms with E-state index in [2.05, 4.69) is 6.92 Å². The monoisotopic (exact) mass is 617 g/mol. The normalized spacial score (nSPS) is 22.1. The first-order chi connectivity index (χ1) is 19.0. The summed E-state index contributed by atoms with van der Waals surface area (Å²) in [6.45, 7) is 14.1. The highest BCUT2D eigenvalue weighted by Crippen LogP contribution is 2.29. The van der Waals surface area contributed by atoms with E-state index >= 15 is 0 Å². The highest BCUT2D eigenvalue weighted by Gasteiger charge is 2.44. The third-order valence-electron chi connectivity index (χ3n) is 6.16. The number of amides is 2. The first-order valence-electron chi connectivity index (χ1n) is 14.1. The number of nitrogens with zero attached hydrogens (tertiary/aromatic N) is 1. The van der Waals surface area contributed by atoms with Gasteiger partial charge >= 0.3 is 18.2 Å². The molecule has 0 aromatic heterocycles. The van der Waals surface area contributed by atoms with E-state index in [0.717, 1.165) is 24.8 Å². The highest BCUT2D eigenvalue weighted by atomic mass is 35.5. The van der Waals surface area contributed by atoms with E-state index in [4.69, 9.17) is 46.9 Å². The Labute approximate surface area is 254 Å². The highest BCUT2D eigenvalue weighted by molar-refractivity contribution is 6.35. The second-order valence-corrected chi connectivity index (χ2v) is 13.1. The Hall–Kier alpha value is -2.07. The van der Waals surface area contributed by atoms with E-state index < -0.39 is 47.6 Å². The molecular weight excluding hydrogens is 573 g/mol. The Morgan fingerprint density at radius 2 is 1.61 bits per heavy atom. The molecular formula is C30H45Cl2NO8. The van der Waals surface area contributed by atoms with Gasteiger partial charge in [-0.3, -0.25) is 0 Å². The van der Waals surface area contributed by atoms with Crippen LogP contribution in [0.25, 0.3) is 0 Å². The summed E-state index contributed by atoms with van der Waals surface area (Å²) < 4.78 is 29.1. The molecule has 1 aliphatic rings. The van der Waals surface area contributed by atoms with E-state index in [1.54, 1.807) is 60.6 Å². The van der Waals surface area contributed by atoms with Gasteiger partial charge in [-0.2, -0.15) is 4.90 Å². The molecule has 2 amide bonds. The summed E-state index contributed by atoms with van der Waals surface area (Å²) in [4.78, 5) is 40.6. The van der Waals surface area contributed by atoms with Gasteiger partial charge in [0, 0.05) is 22.6 Å². The first-order valence-corrected chi connectivity index (χ1v) is 14.9. The maximum absolute atomic E-state index is 13.5. The second-order valence-electron chi connectivity index (χ2n) is 12.3. The Kier molecular flexibility index (Phi) is 13.2. The number of carbonyl (C=O) groups is 3. The number of cyclic esters (lactones) is 1. The zero-order valence-electron chi connectivity index (χ0n) is 25.5. The van der Waals surface area contributed by atoms with Crippen molar-refractivity contribution in [2.24, 2.45) is 5.92 Å². The zero-order valence-corrected chi connectivity index (χ0v) is 27.0. The molecule has 11 heteroatoms. The average Bonchev–Trinajstić information content (AvgIpc) is 2.86. The number of imide groups is 1. The van der Waals surface area contributed by atoms with Gasteiger partial charge in [0.2, 0.25) is 0 Å². The van der Waals surface area contributed by atoms with Crippen LogP contribution in [0.15, 0.2) is 18.2 Å². The molecule has 1 fully saturated rings. The predicted octanol–water partition coefficient (Wildman–Crippen LogP) is 7.23. The molecule has 1 heterocycles. The van der Waals surface area contributed by atoms with E-state index in [0.29, 0.717) is 28.0 Å². The zero-order chi connectivity index (χ0) is 31.0. The van der Waals surface area contributed by atoms with Gasteiger partial charge in [-0.1, -0.05) is 49.0 Å². The molecule has 0 saturated carbocycles. The molecule has 1 aromatic carbocycles. The van der Waals surface area contributed by atoms with Crippen LogP contribution in [-0.4, -0.2) is 72.3 Å². The van der Waals surface area contributed by atoms with Crippen LogP contribution >= 0.6 is 23.2 Å². The van der Waals surface area contributed by atoms with Gasteiger partial charge in [-0.25, -0.2) is 14.4 Å². The van der Waals surface area contributed by atoms with Gasteiger partial charge in [0.1, 0.15) is 17.3 Å². The number of halogens is 2. The standard InChI is InChI=1S/C30H45Cl2NO8/c1-9-10-11-14-38-25-19(2)39-26(34)24(18-37-17-21(25)15-20-12-13-22(31)16-23(20)32)33(27(35)40-29(3,4)5)28(36)41-30(6,7)8/h12-13,16,19,21,24-25H,9-11,14-15,17-18H2,1-8H3/t19-,21-,24-,25-/m0/s1. The lowest BCUT2D eigenvalue weighted by molar-refractivity contribution is -0.163. The van der Waals surface area contributed by atoms with Crippen LogP contribution in [0.5, 0.6) is 0 Å². The number of unbranched alkanes of at least 4 members (excludes halogenated alkanes) is 2. The fraction of sp³-hybridized carbons (Fsp3) is 0.700. The topological polar surface area (TPSA) is 101 Å². The van der Waals surface area contributed by atoms with Crippen molar-refractivity contribution >= 4 is 41.4 Å². The average molecular weight is 619 g/mol. The Bertz CT molecular complexity index is 1010. The van der Waals surface area contributed by atoms with E-state index in [9.17, 15) is 14.4 Å². The van der Waals surface area contributed by atoms with Crippen molar-refractivity contribution in [3.05, 3.63) is 33.8 Å². The molecule has 1 aromatic rings. The fourth-order valence-corrected chi connectivity index (χ4v) is 4.81. The van der Waals surface area contributed by atoms with Crippen molar-refractivity contribution in [1.82, 2.24) is 4.90 Å². The lowest BCUT2D eigenvalue weighted by Gasteiger charge is -2.33. The molecule has 41 heavy (non-hydrogen) atoms. The van der Waals surface area contributed by atoms with Crippen molar-refractivity contribution in [2.75, 3.05) is 19.8 Å². The molecule has 0 spiro atoms. The molecule has 0 aliphatic carbocycles. The summed E-state index contributed by atoms with van der Waals surface area (Å²) in [7, 11) is 0. The SMILES string of the molecule is CCCCCO[C@@H]1[C@@H](Cc2ccc(Cl)cc2Cl)COC[C@H](N(C(=O)OC(C)(C)C)C(=O)OC(C)(C)C)C(=O)O[C@H]1C. The first kappa shape index (κ1) is 35.1. The number of ether oxygens (including phenoxy) is 5. The minimum Gasteiger partial charge on any atom is -0.458 e. The van der Waals surface area contributed by atoms with Crippen molar-refractivity contribution in [3.63, 3.8) is 0 Å². The Morgan fingerprint density at radius 1 is 1.00 bits per heavy atom. The molecule has 9 nitrogen and oxygen atoms in total. The quantitative estimate of drug-likeness (QED) is 0.171. The number of carbonyl (C=O) groups excluding carboxylic acids is 3. The molecule has 4 atom stereocenters. The summed E-state index contributed by atoms with van der Waals surface area (Å²) in [6.07, 6.45) is -0.0328. The van der Waals surface area contributed by atoms with Crippen molar-refractivity contribution in [1.29, 1.82) is 0 Å². The number of esters is 1. The smallest absolute Gasteiger partial charge is 0.420 e. The molecule has 0 N–H and O–H groups in total. The van der Waals surface area contributed by atoms with Crippen LogP contribution in [0.4, 0.5) is 9.59 Å². The third kappa shape index (κ3) is 11.6.